The van der Waals surface area contributed by atoms with E-state index in [9.17, 15) is 9.59 Å². The fraction of sp³-hybridized carbons (Fsp3) is 0.500. The van der Waals surface area contributed by atoms with E-state index < -0.39 is 6.04 Å². The van der Waals surface area contributed by atoms with Crippen LogP contribution in [0.3, 0.4) is 0 Å². The number of carbonyl (C=O) groups excluding carboxylic acids is 2. The van der Waals surface area contributed by atoms with Crippen molar-refractivity contribution in [2.75, 3.05) is 7.05 Å². The van der Waals surface area contributed by atoms with Crippen LogP contribution < -0.4 is 0 Å². The predicted molar refractivity (Wildman–Crippen MR) is 78.1 cm³/mol. The Morgan fingerprint density at radius 3 is 2.20 bits per heavy atom. The third kappa shape index (κ3) is 2.30. The molecule has 2 atom stereocenters. The fourth-order valence-corrected chi connectivity index (χ4v) is 2.95. The Balaban J connectivity index is 2.42. The Bertz CT molecular complexity index is 519. The van der Waals surface area contributed by atoms with Crippen molar-refractivity contribution >= 4 is 11.8 Å². The number of rotatable bonds is 1. The lowest BCUT2D eigenvalue weighted by Gasteiger charge is -2.38. The monoisotopic (exact) mass is 274 g/mol. The topological polar surface area (TPSA) is 40.6 Å². The van der Waals surface area contributed by atoms with Crippen LogP contribution in [0.1, 0.15) is 38.1 Å². The second kappa shape index (κ2) is 4.93. The first kappa shape index (κ1) is 14.6. The lowest BCUT2D eigenvalue weighted by atomic mass is 9.90. The highest BCUT2D eigenvalue weighted by Gasteiger charge is 2.49. The van der Waals surface area contributed by atoms with Crippen LogP contribution in [0.5, 0.6) is 0 Å². The average molecular weight is 274 g/mol. The molecule has 1 saturated heterocycles. The van der Waals surface area contributed by atoms with Gasteiger partial charge in [-0.05, 0) is 19.1 Å². The van der Waals surface area contributed by atoms with Gasteiger partial charge in [0.25, 0.3) is 5.91 Å². The van der Waals surface area contributed by atoms with E-state index in [4.69, 9.17) is 0 Å². The van der Waals surface area contributed by atoms with E-state index in [0.717, 1.165) is 0 Å². The van der Waals surface area contributed by atoms with Crippen molar-refractivity contribution in [1.29, 1.82) is 0 Å². The number of hydrogen-bond acceptors (Lipinski definition) is 2. The zero-order chi connectivity index (χ0) is 15.1. The summed E-state index contributed by atoms with van der Waals surface area (Å²) < 4.78 is 0. The normalized spacial score (nSPS) is 23.4. The van der Waals surface area contributed by atoms with Crippen LogP contribution in [0.25, 0.3) is 0 Å². The smallest absolute Gasteiger partial charge is 0.256 e. The van der Waals surface area contributed by atoms with Crippen molar-refractivity contribution < 1.29 is 9.59 Å². The number of amides is 2. The maximum atomic E-state index is 12.8. The minimum Gasteiger partial charge on any atom is -0.323 e. The molecule has 0 bridgehead atoms. The summed E-state index contributed by atoms with van der Waals surface area (Å²) in [5.41, 5.74) is 0.427. The summed E-state index contributed by atoms with van der Waals surface area (Å²) in [6.07, 6.45) is -0.224. The zero-order valence-electron chi connectivity index (χ0n) is 12.8. The maximum Gasteiger partial charge on any atom is 0.256 e. The van der Waals surface area contributed by atoms with E-state index >= 15 is 0 Å². The molecule has 108 valence electrons. The summed E-state index contributed by atoms with van der Waals surface area (Å²) in [5, 5.41) is 0. The van der Waals surface area contributed by atoms with Gasteiger partial charge in [0.15, 0.2) is 0 Å². The fourth-order valence-electron chi connectivity index (χ4n) is 2.95. The Morgan fingerprint density at radius 1 is 1.15 bits per heavy atom. The molecular weight excluding hydrogens is 252 g/mol. The van der Waals surface area contributed by atoms with Crippen molar-refractivity contribution in [3.05, 3.63) is 35.9 Å². The molecule has 0 N–H and O–H groups in total. The number of benzene rings is 1. The second-order valence-electron chi connectivity index (χ2n) is 6.44. The minimum absolute atomic E-state index is 0.00536. The molecule has 0 unspecified atom stereocenters. The number of nitrogens with zero attached hydrogens (tertiary/aromatic N) is 2. The van der Waals surface area contributed by atoms with Crippen LogP contribution in [0.2, 0.25) is 0 Å². The molecule has 2 rings (SSSR count). The summed E-state index contributed by atoms with van der Waals surface area (Å²) in [4.78, 5) is 28.4. The third-order valence-electron chi connectivity index (χ3n) is 3.78. The lowest BCUT2D eigenvalue weighted by Crippen LogP contribution is -2.50. The summed E-state index contributed by atoms with van der Waals surface area (Å²) in [5.74, 6) is -0.0927. The summed E-state index contributed by atoms with van der Waals surface area (Å²) >= 11 is 0. The van der Waals surface area contributed by atoms with Gasteiger partial charge in [-0.1, -0.05) is 39.0 Å². The molecule has 0 aliphatic carbocycles. The molecule has 1 aliphatic heterocycles. The van der Waals surface area contributed by atoms with E-state index in [0.29, 0.717) is 5.56 Å². The standard InChI is InChI=1S/C16H22N2O2/c1-11-13(19)17(5)15(16(2,3)4)18(11)14(20)12-9-7-6-8-10-12/h6-11,15H,1-5H3/t11-,15-/m1/s1. The Morgan fingerprint density at radius 2 is 1.70 bits per heavy atom. The van der Waals surface area contributed by atoms with Crippen molar-refractivity contribution in [2.45, 2.75) is 39.9 Å². The van der Waals surface area contributed by atoms with Crippen molar-refractivity contribution in [3.8, 4) is 0 Å². The zero-order valence-corrected chi connectivity index (χ0v) is 12.8. The predicted octanol–water partition coefficient (Wildman–Crippen LogP) is 2.36. The summed E-state index contributed by atoms with van der Waals surface area (Å²) in [6.45, 7) is 7.94. The highest BCUT2D eigenvalue weighted by atomic mass is 16.2. The van der Waals surface area contributed by atoms with Crippen molar-refractivity contribution in [1.82, 2.24) is 9.80 Å². The lowest BCUT2D eigenvalue weighted by molar-refractivity contribution is -0.129. The molecular formula is C16H22N2O2. The Labute approximate surface area is 120 Å². The average Bonchev–Trinajstić information content (AvgIpc) is 2.63. The Hall–Kier alpha value is -1.84. The molecule has 1 aliphatic rings. The molecule has 1 aromatic carbocycles. The van der Waals surface area contributed by atoms with Crippen LogP contribution in [0.4, 0.5) is 0 Å². The van der Waals surface area contributed by atoms with Gasteiger partial charge in [-0.25, -0.2) is 0 Å². The molecule has 0 radical (unpaired) electrons. The molecule has 20 heavy (non-hydrogen) atoms. The molecule has 4 heteroatoms. The van der Waals surface area contributed by atoms with Gasteiger partial charge in [-0.2, -0.15) is 0 Å². The first-order chi connectivity index (χ1) is 9.25. The molecule has 2 amide bonds. The third-order valence-corrected chi connectivity index (χ3v) is 3.78. The number of hydrogen-bond donors (Lipinski definition) is 0. The SMILES string of the molecule is C[C@@H]1C(=O)N(C)[C@@H](C(C)(C)C)N1C(=O)c1ccccc1. The van der Waals surface area contributed by atoms with Gasteiger partial charge in [0.1, 0.15) is 12.2 Å². The van der Waals surface area contributed by atoms with Gasteiger partial charge < -0.3 is 9.80 Å². The van der Waals surface area contributed by atoms with Crippen LogP contribution in [0, 0.1) is 5.41 Å². The van der Waals surface area contributed by atoms with Gasteiger partial charge in [-0.15, -0.1) is 0 Å². The van der Waals surface area contributed by atoms with Crippen LogP contribution in [0.15, 0.2) is 30.3 Å². The number of carbonyl (C=O) groups is 2. The van der Waals surface area contributed by atoms with Crippen LogP contribution in [-0.2, 0) is 4.79 Å². The van der Waals surface area contributed by atoms with Gasteiger partial charge in [0.2, 0.25) is 5.91 Å². The second-order valence-corrected chi connectivity index (χ2v) is 6.44. The highest BCUT2D eigenvalue weighted by molar-refractivity contribution is 5.99. The van der Waals surface area contributed by atoms with E-state index in [-0.39, 0.29) is 23.4 Å². The molecule has 0 spiro atoms. The van der Waals surface area contributed by atoms with Crippen molar-refractivity contribution in [2.24, 2.45) is 5.41 Å². The molecule has 0 aromatic heterocycles. The van der Waals surface area contributed by atoms with Crippen LogP contribution >= 0.6 is 0 Å². The van der Waals surface area contributed by atoms with Crippen LogP contribution in [-0.4, -0.2) is 40.9 Å². The molecule has 1 aromatic rings. The minimum atomic E-state index is -0.420. The van der Waals surface area contributed by atoms with E-state index in [2.05, 4.69) is 0 Å². The summed E-state index contributed by atoms with van der Waals surface area (Å²) in [6, 6.07) is 8.71. The molecule has 0 saturated carbocycles. The number of likely N-dealkylation sites (N-methyl/N-ethyl adjacent to an activating group) is 1. The molecule has 1 heterocycles. The maximum absolute atomic E-state index is 12.8. The largest absolute Gasteiger partial charge is 0.323 e. The van der Waals surface area contributed by atoms with Gasteiger partial charge >= 0.3 is 0 Å². The van der Waals surface area contributed by atoms with E-state index in [1.165, 1.54) is 0 Å². The molecule has 4 nitrogen and oxygen atoms in total. The van der Waals surface area contributed by atoms with Gasteiger partial charge in [0, 0.05) is 18.0 Å². The Kier molecular flexibility index (Phi) is 3.59. The van der Waals surface area contributed by atoms with Crippen molar-refractivity contribution in [3.63, 3.8) is 0 Å². The van der Waals surface area contributed by atoms with E-state index in [1.807, 2.05) is 39.0 Å². The first-order valence-corrected chi connectivity index (χ1v) is 6.89. The van der Waals surface area contributed by atoms with Gasteiger partial charge in [-0.3, -0.25) is 9.59 Å². The molecule has 1 fully saturated rings. The van der Waals surface area contributed by atoms with Gasteiger partial charge in [0.05, 0.1) is 0 Å². The summed E-state index contributed by atoms with van der Waals surface area (Å²) in [7, 11) is 1.77. The quantitative estimate of drug-likeness (QED) is 0.789. The highest BCUT2D eigenvalue weighted by Crippen LogP contribution is 2.34. The first-order valence-electron chi connectivity index (χ1n) is 6.89. The van der Waals surface area contributed by atoms with E-state index in [1.54, 1.807) is 35.9 Å².